The fourth-order valence-corrected chi connectivity index (χ4v) is 2.60. The van der Waals surface area contributed by atoms with Gasteiger partial charge in [-0.25, -0.2) is 4.99 Å². The molecule has 17 heavy (non-hydrogen) atoms. The summed E-state index contributed by atoms with van der Waals surface area (Å²) in [7, 11) is 1.62. The van der Waals surface area contributed by atoms with Gasteiger partial charge in [0.2, 0.25) is 5.12 Å². The summed E-state index contributed by atoms with van der Waals surface area (Å²) >= 11 is 2.67. The van der Waals surface area contributed by atoms with Crippen LogP contribution >= 0.6 is 23.5 Å². The first-order valence-corrected chi connectivity index (χ1v) is 6.97. The SMILES string of the molecule is COc1ccc(C=C2N=C(SC)SC2=O)cc1. The monoisotopic (exact) mass is 265 g/mol. The molecule has 1 aliphatic heterocycles. The van der Waals surface area contributed by atoms with Crippen molar-refractivity contribution < 1.29 is 9.53 Å². The fourth-order valence-electron chi connectivity index (χ4n) is 1.33. The lowest BCUT2D eigenvalue weighted by molar-refractivity contribution is -0.107. The van der Waals surface area contributed by atoms with Crippen LogP contribution in [0.25, 0.3) is 6.08 Å². The highest BCUT2D eigenvalue weighted by Crippen LogP contribution is 2.29. The number of aliphatic imine (C=N–C) groups is 1. The molecule has 1 aliphatic rings. The van der Waals surface area contributed by atoms with Crippen molar-refractivity contribution >= 4 is 39.1 Å². The molecule has 0 aliphatic carbocycles. The summed E-state index contributed by atoms with van der Waals surface area (Å²) in [5.74, 6) is 0.799. The standard InChI is InChI=1S/C12H11NO2S2/c1-15-9-5-3-8(4-6-9)7-10-11(14)17-12(13-10)16-2/h3-7H,1-2H3. The van der Waals surface area contributed by atoms with Gasteiger partial charge in [0.15, 0.2) is 0 Å². The Morgan fingerprint density at radius 1 is 1.35 bits per heavy atom. The van der Waals surface area contributed by atoms with Crippen molar-refractivity contribution in [1.82, 2.24) is 0 Å². The van der Waals surface area contributed by atoms with Crippen LogP contribution in [-0.2, 0) is 4.79 Å². The molecule has 0 fully saturated rings. The molecule has 1 heterocycles. The molecule has 0 spiro atoms. The van der Waals surface area contributed by atoms with Crippen LogP contribution in [0.2, 0.25) is 0 Å². The number of rotatable bonds is 2. The molecule has 88 valence electrons. The normalized spacial score (nSPS) is 17.4. The van der Waals surface area contributed by atoms with Crippen molar-refractivity contribution in [2.75, 3.05) is 13.4 Å². The third kappa shape index (κ3) is 2.92. The molecule has 1 aromatic carbocycles. The number of hydrogen-bond donors (Lipinski definition) is 0. The largest absolute Gasteiger partial charge is 0.497 e. The number of ether oxygens (including phenoxy) is 1. The molecule has 2 rings (SSSR count). The van der Waals surface area contributed by atoms with Crippen LogP contribution < -0.4 is 4.74 Å². The van der Waals surface area contributed by atoms with Crippen LogP contribution in [0.1, 0.15) is 5.56 Å². The Balaban J connectivity index is 2.23. The smallest absolute Gasteiger partial charge is 0.244 e. The molecule has 0 aromatic heterocycles. The zero-order chi connectivity index (χ0) is 12.3. The molecule has 0 saturated heterocycles. The Bertz CT molecular complexity index is 492. The summed E-state index contributed by atoms with van der Waals surface area (Å²) in [6, 6.07) is 7.52. The van der Waals surface area contributed by atoms with Gasteiger partial charge in [0.05, 0.1) is 7.11 Å². The molecule has 0 amide bonds. The maximum Gasteiger partial charge on any atom is 0.244 e. The predicted molar refractivity (Wildman–Crippen MR) is 74.5 cm³/mol. The quantitative estimate of drug-likeness (QED) is 0.770. The highest BCUT2D eigenvalue weighted by atomic mass is 32.2. The maximum absolute atomic E-state index is 11.6. The van der Waals surface area contributed by atoms with E-state index in [1.54, 1.807) is 13.2 Å². The number of hydrogen-bond acceptors (Lipinski definition) is 5. The van der Waals surface area contributed by atoms with E-state index in [0.29, 0.717) is 5.70 Å². The third-order valence-corrected chi connectivity index (χ3v) is 4.05. The van der Waals surface area contributed by atoms with Gasteiger partial charge in [-0.2, -0.15) is 0 Å². The molecule has 0 N–H and O–H groups in total. The minimum Gasteiger partial charge on any atom is -0.497 e. The van der Waals surface area contributed by atoms with Gasteiger partial charge < -0.3 is 4.74 Å². The number of thioether (sulfide) groups is 2. The third-order valence-electron chi connectivity index (χ3n) is 2.19. The van der Waals surface area contributed by atoms with Gasteiger partial charge in [0.25, 0.3) is 0 Å². The van der Waals surface area contributed by atoms with E-state index >= 15 is 0 Å². The van der Waals surface area contributed by atoms with Gasteiger partial charge in [-0.05, 0) is 41.8 Å². The first-order valence-electron chi connectivity index (χ1n) is 4.93. The number of nitrogens with zero attached hydrogens (tertiary/aromatic N) is 1. The van der Waals surface area contributed by atoms with E-state index in [1.807, 2.05) is 30.5 Å². The number of benzene rings is 1. The van der Waals surface area contributed by atoms with Gasteiger partial charge >= 0.3 is 0 Å². The zero-order valence-electron chi connectivity index (χ0n) is 9.47. The maximum atomic E-state index is 11.6. The minimum atomic E-state index is 0.00479. The highest BCUT2D eigenvalue weighted by molar-refractivity contribution is 8.45. The molecule has 0 bridgehead atoms. The topological polar surface area (TPSA) is 38.7 Å². The second kappa shape index (κ2) is 5.42. The summed E-state index contributed by atoms with van der Waals surface area (Å²) in [6.45, 7) is 0. The molecule has 0 atom stereocenters. The van der Waals surface area contributed by atoms with E-state index < -0.39 is 0 Å². The zero-order valence-corrected chi connectivity index (χ0v) is 11.1. The van der Waals surface area contributed by atoms with E-state index in [4.69, 9.17) is 4.74 Å². The van der Waals surface area contributed by atoms with Crippen LogP contribution in [-0.4, -0.2) is 22.9 Å². The van der Waals surface area contributed by atoms with Crippen LogP contribution in [0.5, 0.6) is 5.75 Å². The minimum absolute atomic E-state index is 0.00479. The Morgan fingerprint density at radius 3 is 2.59 bits per heavy atom. The highest BCUT2D eigenvalue weighted by Gasteiger charge is 2.21. The Labute approximate surface area is 108 Å². The van der Waals surface area contributed by atoms with Crippen molar-refractivity contribution in [1.29, 1.82) is 0 Å². The van der Waals surface area contributed by atoms with E-state index in [2.05, 4.69) is 4.99 Å². The van der Waals surface area contributed by atoms with Crippen LogP contribution in [0, 0.1) is 0 Å². The van der Waals surface area contributed by atoms with Gasteiger partial charge in [0, 0.05) is 0 Å². The second-order valence-corrected chi connectivity index (χ2v) is 5.29. The van der Waals surface area contributed by atoms with E-state index in [9.17, 15) is 4.79 Å². The Kier molecular flexibility index (Phi) is 3.91. The van der Waals surface area contributed by atoms with Crippen LogP contribution in [0.4, 0.5) is 0 Å². The lowest BCUT2D eigenvalue weighted by atomic mass is 10.2. The number of carbonyl (C=O) groups is 1. The van der Waals surface area contributed by atoms with E-state index in [0.717, 1.165) is 15.7 Å². The van der Waals surface area contributed by atoms with E-state index in [1.165, 1.54) is 23.5 Å². The molecule has 5 heteroatoms. The van der Waals surface area contributed by atoms with Crippen molar-refractivity contribution in [2.24, 2.45) is 4.99 Å². The van der Waals surface area contributed by atoms with Crippen LogP contribution in [0.15, 0.2) is 35.0 Å². The molecule has 3 nitrogen and oxygen atoms in total. The van der Waals surface area contributed by atoms with E-state index in [-0.39, 0.29) is 5.12 Å². The van der Waals surface area contributed by atoms with Crippen LogP contribution in [0.3, 0.4) is 0 Å². The molecule has 0 unspecified atom stereocenters. The Morgan fingerprint density at radius 2 is 2.06 bits per heavy atom. The van der Waals surface area contributed by atoms with Gasteiger partial charge in [-0.3, -0.25) is 4.79 Å². The Hall–Kier alpha value is -1.20. The fraction of sp³-hybridized carbons (Fsp3) is 0.167. The van der Waals surface area contributed by atoms with Gasteiger partial charge in [-0.15, -0.1) is 11.8 Å². The second-order valence-electron chi connectivity index (χ2n) is 3.27. The first kappa shape index (κ1) is 12.3. The summed E-state index contributed by atoms with van der Waals surface area (Å²) in [4.78, 5) is 15.9. The van der Waals surface area contributed by atoms with Gasteiger partial charge in [-0.1, -0.05) is 12.1 Å². The lowest BCUT2D eigenvalue weighted by Crippen LogP contribution is -1.88. The summed E-state index contributed by atoms with van der Waals surface area (Å²) < 4.78 is 5.87. The average Bonchev–Trinajstić information content (AvgIpc) is 2.71. The first-order chi connectivity index (χ1) is 8.22. The summed E-state index contributed by atoms with van der Waals surface area (Å²) in [5, 5.41) is 0.00479. The summed E-state index contributed by atoms with van der Waals surface area (Å²) in [6.07, 6.45) is 3.70. The van der Waals surface area contributed by atoms with Crippen molar-refractivity contribution in [2.45, 2.75) is 0 Å². The predicted octanol–water partition coefficient (Wildman–Crippen LogP) is 3.03. The van der Waals surface area contributed by atoms with Crippen molar-refractivity contribution in [3.8, 4) is 5.75 Å². The summed E-state index contributed by atoms with van der Waals surface area (Å²) in [5.41, 5.74) is 1.45. The average molecular weight is 265 g/mol. The molecule has 0 saturated carbocycles. The molecular weight excluding hydrogens is 254 g/mol. The number of carbonyl (C=O) groups excluding carboxylic acids is 1. The molecule has 1 aromatic rings. The number of methoxy groups -OCH3 is 1. The lowest BCUT2D eigenvalue weighted by Gasteiger charge is -1.99. The van der Waals surface area contributed by atoms with Gasteiger partial charge in [0.1, 0.15) is 15.8 Å². The molecular formula is C12H11NO2S2. The molecule has 0 radical (unpaired) electrons. The van der Waals surface area contributed by atoms with Crippen molar-refractivity contribution in [3.05, 3.63) is 35.5 Å². The van der Waals surface area contributed by atoms with Crippen molar-refractivity contribution in [3.63, 3.8) is 0 Å².